The number of hydrogen-bond acceptors (Lipinski definition) is 2. The lowest BCUT2D eigenvalue weighted by Crippen LogP contribution is -2.22. The van der Waals surface area contributed by atoms with Crippen LogP contribution in [0.2, 0.25) is 5.02 Å². The molecular weight excluding hydrogens is 272 g/mol. The average Bonchev–Trinajstić information content (AvgIpc) is 2.46. The zero-order chi connectivity index (χ0) is 14.1. The summed E-state index contributed by atoms with van der Waals surface area (Å²) in [4.78, 5) is 12.8. The standard InChI is InChI=1S/C17H15ClO2/c1-11-10-12(18)6-7-13(11)17(19)15-8-9-20-16-5-3-2-4-14(15)16/h2-7,10,15H,8-9H2,1H3. The van der Waals surface area contributed by atoms with Crippen molar-refractivity contribution in [2.24, 2.45) is 0 Å². The summed E-state index contributed by atoms with van der Waals surface area (Å²) < 4.78 is 5.62. The molecule has 0 N–H and O–H groups in total. The SMILES string of the molecule is Cc1cc(Cl)ccc1C(=O)C1CCOc2ccccc21. The van der Waals surface area contributed by atoms with Crippen LogP contribution in [0.1, 0.15) is 33.8 Å². The summed E-state index contributed by atoms with van der Waals surface area (Å²) in [5, 5.41) is 0.659. The first-order valence-electron chi connectivity index (χ1n) is 6.69. The van der Waals surface area contributed by atoms with Crippen molar-refractivity contribution < 1.29 is 9.53 Å². The Kier molecular flexibility index (Phi) is 3.49. The molecule has 0 aromatic heterocycles. The summed E-state index contributed by atoms with van der Waals surface area (Å²) in [7, 11) is 0. The number of aryl methyl sites for hydroxylation is 1. The van der Waals surface area contributed by atoms with E-state index in [2.05, 4.69) is 0 Å². The van der Waals surface area contributed by atoms with Gasteiger partial charge in [0.25, 0.3) is 0 Å². The first-order chi connectivity index (χ1) is 9.66. The molecule has 0 fully saturated rings. The van der Waals surface area contributed by atoms with Crippen LogP contribution in [0.4, 0.5) is 0 Å². The van der Waals surface area contributed by atoms with Gasteiger partial charge in [-0.15, -0.1) is 0 Å². The van der Waals surface area contributed by atoms with Crippen molar-refractivity contribution >= 4 is 17.4 Å². The van der Waals surface area contributed by atoms with E-state index in [9.17, 15) is 4.79 Å². The fourth-order valence-corrected chi connectivity index (χ4v) is 2.93. The van der Waals surface area contributed by atoms with Crippen molar-refractivity contribution in [3.63, 3.8) is 0 Å². The number of fused-ring (bicyclic) bond motifs is 1. The van der Waals surface area contributed by atoms with Gasteiger partial charge in [-0.1, -0.05) is 29.8 Å². The molecule has 1 heterocycles. The van der Waals surface area contributed by atoms with Crippen LogP contribution < -0.4 is 4.74 Å². The maximum absolute atomic E-state index is 12.8. The Morgan fingerprint density at radius 2 is 2.05 bits per heavy atom. The third kappa shape index (κ3) is 2.32. The van der Waals surface area contributed by atoms with Crippen LogP contribution in [-0.4, -0.2) is 12.4 Å². The van der Waals surface area contributed by atoms with Gasteiger partial charge in [0.2, 0.25) is 0 Å². The van der Waals surface area contributed by atoms with Gasteiger partial charge in [0, 0.05) is 16.1 Å². The van der Waals surface area contributed by atoms with Gasteiger partial charge in [0.15, 0.2) is 5.78 Å². The summed E-state index contributed by atoms with van der Waals surface area (Å²) in [5.74, 6) is 0.846. The fourth-order valence-electron chi connectivity index (χ4n) is 2.71. The molecule has 3 rings (SSSR count). The van der Waals surface area contributed by atoms with Gasteiger partial charge >= 0.3 is 0 Å². The van der Waals surface area contributed by atoms with Crippen LogP contribution in [-0.2, 0) is 0 Å². The van der Waals surface area contributed by atoms with Crippen molar-refractivity contribution in [3.05, 3.63) is 64.2 Å². The van der Waals surface area contributed by atoms with Crippen LogP contribution in [0.5, 0.6) is 5.75 Å². The summed E-state index contributed by atoms with van der Waals surface area (Å²) in [6.45, 7) is 2.50. The molecule has 1 aliphatic heterocycles. The second-order valence-electron chi connectivity index (χ2n) is 5.05. The quantitative estimate of drug-likeness (QED) is 0.765. The Labute approximate surface area is 123 Å². The Morgan fingerprint density at radius 1 is 1.25 bits per heavy atom. The predicted molar refractivity (Wildman–Crippen MR) is 79.8 cm³/mol. The van der Waals surface area contributed by atoms with Gasteiger partial charge in [-0.25, -0.2) is 0 Å². The van der Waals surface area contributed by atoms with E-state index in [0.29, 0.717) is 11.6 Å². The predicted octanol–water partition coefficient (Wildman–Crippen LogP) is 4.40. The van der Waals surface area contributed by atoms with E-state index in [1.54, 1.807) is 6.07 Å². The number of hydrogen-bond donors (Lipinski definition) is 0. The third-order valence-corrected chi connectivity index (χ3v) is 3.96. The van der Waals surface area contributed by atoms with E-state index in [-0.39, 0.29) is 11.7 Å². The smallest absolute Gasteiger partial charge is 0.170 e. The van der Waals surface area contributed by atoms with Gasteiger partial charge in [-0.2, -0.15) is 0 Å². The molecule has 0 aliphatic carbocycles. The maximum Gasteiger partial charge on any atom is 0.170 e. The van der Waals surface area contributed by atoms with Crippen molar-refractivity contribution in [1.29, 1.82) is 0 Å². The number of carbonyl (C=O) groups excluding carboxylic acids is 1. The minimum atomic E-state index is -0.125. The van der Waals surface area contributed by atoms with Crippen LogP contribution in [0.3, 0.4) is 0 Å². The number of ether oxygens (including phenoxy) is 1. The molecule has 0 amide bonds. The van der Waals surface area contributed by atoms with Crippen LogP contribution >= 0.6 is 11.6 Å². The van der Waals surface area contributed by atoms with Gasteiger partial charge in [0.1, 0.15) is 5.75 Å². The molecule has 0 bridgehead atoms. The fraction of sp³-hybridized carbons (Fsp3) is 0.235. The highest BCUT2D eigenvalue weighted by Gasteiger charge is 2.28. The molecular formula is C17H15ClO2. The largest absolute Gasteiger partial charge is 0.493 e. The molecule has 2 aromatic rings. The zero-order valence-electron chi connectivity index (χ0n) is 11.2. The van der Waals surface area contributed by atoms with Crippen molar-refractivity contribution in [1.82, 2.24) is 0 Å². The molecule has 20 heavy (non-hydrogen) atoms. The van der Waals surface area contributed by atoms with Gasteiger partial charge < -0.3 is 4.74 Å². The van der Waals surface area contributed by atoms with Crippen LogP contribution in [0, 0.1) is 6.92 Å². The number of para-hydroxylation sites is 1. The molecule has 1 atom stereocenters. The molecule has 2 aromatic carbocycles. The first-order valence-corrected chi connectivity index (χ1v) is 7.06. The number of rotatable bonds is 2. The molecule has 1 unspecified atom stereocenters. The lowest BCUT2D eigenvalue weighted by molar-refractivity contribution is 0.0932. The normalized spacial score (nSPS) is 17.2. The van der Waals surface area contributed by atoms with Crippen LogP contribution in [0.15, 0.2) is 42.5 Å². The Hall–Kier alpha value is -1.80. The Bertz CT molecular complexity index is 664. The molecule has 0 saturated carbocycles. The number of benzene rings is 2. The van der Waals surface area contributed by atoms with Gasteiger partial charge in [0.05, 0.1) is 12.5 Å². The van der Waals surface area contributed by atoms with Crippen molar-refractivity contribution in [2.75, 3.05) is 6.61 Å². The number of carbonyl (C=O) groups is 1. The van der Waals surface area contributed by atoms with E-state index in [0.717, 1.165) is 28.9 Å². The molecule has 0 spiro atoms. The minimum Gasteiger partial charge on any atom is -0.493 e. The monoisotopic (exact) mass is 286 g/mol. The molecule has 3 heteroatoms. The highest BCUT2D eigenvalue weighted by Crippen LogP contribution is 2.36. The molecule has 1 aliphatic rings. The van der Waals surface area contributed by atoms with Crippen LogP contribution in [0.25, 0.3) is 0 Å². The van der Waals surface area contributed by atoms with E-state index in [1.165, 1.54) is 0 Å². The van der Waals surface area contributed by atoms with E-state index in [1.807, 2.05) is 43.3 Å². The first kappa shape index (κ1) is 13.2. The second kappa shape index (κ2) is 5.29. The van der Waals surface area contributed by atoms with Gasteiger partial charge in [-0.3, -0.25) is 4.79 Å². The minimum absolute atomic E-state index is 0.125. The molecule has 102 valence electrons. The van der Waals surface area contributed by atoms with Crippen molar-refractivity contribution in [2.45, 2.75) is 19.3 Å². The van der Waals surface area contributed by atoms with Gasteiger partial charge in [-0.05, 0) is 43.2 Å². The lowest BCUT2D eigenvalue weighted by atomic mass is 9.85. The summed E-state index contributed by atoms with van der Waals surface area (Å²) in [5.41, 5.74) is 2.65. The number of halogens is 1. The molecule has 2 nitrogen and oxygen atoms in total. The zero-order valence-corrected chi connectivity index (χ0v) is 12.0. The molecule has 0 radical (unpaired) electrons. The summed E-state index contributed by atoms with van der Waals surface area (Å²) >= 11 is 5.96. The average molecular weight is 287 g/mol. The summed E-state index contributed by atoms with van der Waals surface area (Å²) in [6.07, 6.45) is 0.720. The number of ketones is 1. The topological polar surface area (TPSA) is 26.3 Å². The molecule has 0 saturated heterocycles. The van der Waals surface area contributed by atoms with Crippen molar-refractivity contribution in [3.8, 4) is 5.75 Å². The Balaban J connectivity index is 2.00. The van der Waals surface area contributed by atoms with E-state index in [4.69, 9.17) is 16.3 Å². The van der Waals surface area contributed by atoms with E-state index < -0.39 is 0 Å². The third-order valence-electron chi connectivity index (χ3n) is 3.73. The van der Waals surface area contributed by atoms with E-state index >= 15 is 0 Å². The lowest BCUT2D eigenvalue weighted by Gasteiger charge is -2.25. The number of Topliss-reactive ketones (excluding diaryl/α,β-unsaturated/α-hetero) is 1. The highest BCUT2D eigenvalue weighted by atomic mass is 35.5. The highest BCUT2D eigenvalue weighted by molar-refractivity contribution is 6.30. The maximum atomic E-state index is 12.8. The second-order valence-corrected chi connectivity index (χ2v) is 5.49. The Morgan fingerprint density at radius 3 is 2.85 bits per heavy atom. The summed E-state index contributed by atoms with van der Waals surface area (Å²) in [6, 6.07) is 13.2.